The molecule has 0 aliphatic carbocycles. The number of carbonyl (C=O) groups excluding carboxylic acids is 1. The minimum absolute atomic E-state index is 0.0976. The van der Waals surface area contributed by atoms with Crippen molar-refractivity contribution in [3.05, 3.63) is 66.0 Å². The fourth-order valence-corrected chi connectivity index (χ4v) is 2.58. The fraction of sp³-hybridized carbons (Fsp3) is 0.350. The molecular formula is C20H24FNO2. The molecule has 0 radical (unpaired) electrons. The molecule has 24 heavy (non-hydrogen) atoms. The molecule has 0 saturated heterocycles. The number of carbonyl (C=O) groups is 1. The average molecular weight is 329 g/mol. The smallest absolute Gasteiger partial charge is 0.261 e. The van der Waals surface area contributed by atoms with Gasteiger partial charge in [-0.1, -0.05) is 49.4 Å². The molecular weight excluding hydrogens is 305 g/mol. The number of ether oxygens (including phenoxy) is 1. The van der Waals surface area contributed by atoms with Crippen molar-refractivity contribution >= 4 is 5.91 Å². The van der Waals surface area contributed by atoms with Gasteiger partial charge in [0.15, 0.2) is 17.7 Å². The van der Waals surface area contributed by atoms with Crippen LogP contribution in [0.5, 0.6) is 5.75 Å². The van der Waals surface area contributed by atoms with Crippen LogP contribution in [0.4, 0.5) is 4.39 Å². The third-order valence-electron chi connectivity index (χ3n) is 3.72. The molecule has 0 aliphatic rings. The van der Waals surface area contributed by atoms with Gasteiger partial charge in [0.1, 0.15) is 0 Å². The van der Waals surface area contributed by atoms with Crippen molar-refractivity contribution in [3.8, 4) is 5.75 Å². The van der Waals surface area contributed by atoms with Gasteiger partial charge in [-0.25, -0.2) is 4.39 Å². The standard InChI is InChI=1S/C20H24FNO2/c1-4-17(24-18-13-9-8-12-16(18)21)19(23)22-20(2,3)14-15-10-6-5-7-11-15/h5-13,17H,4,14H2,1-3H3,(H,22,23)/t17-/m1/s1. The second-order valence-electron chi connectivity index (χ2n) is 6.48. The first-order valence-corrected chi connectivity index (χ1v) is 8.18. The van der Waals surface area contributed by atoms with Crippen LogP contribution < -0.4 is 10.1 Å². The topological polar surface area (TPSA) is 38.3 Å². The van der Waals surface area contributed by atoms with Crippen molar-refractivity contribution in [1.82, 2.24) is 5.32 Å². The molecule has 4 heteroatoms. The van der Waals surface area contributed by atoms with Crippen molar-refractivity contribution in [2.75, 3.05) is 0 Å². The summed E-state index contributed by atoms with van der Waals surface area (Å²) < 4.78 is 19.3. The predicted octanol–water partition coefficient (Wildman–Crippen LogP) is 4.12. The van der Waals surface area contributed by atoms with Crippen LogP contribution in [0.3, 0.4) is 0 Å². The Balaban J connectivity index is 2.01. The monoisotopic (exact) mass is 329 g/mol. The Kier molecular flexibility index (Phi) is 5.96. The van der Waals surface area contributed by atoms with Crippen LogP contribution in [0.15, 0.2) is 54.6 Å². The van der Waals surface area contributed by atoms with Crippen molar-refractivity contribution < 1.29 is 13.9 Å². The van der Waals surface area contributed by atoms with E-state index in [4.69, 9.17) is 4.74 Å². The van der Waals surface area contributed by atoms with Gasteiger partial charge in [0.2, 0.25) is 0 Å². The predicted molar refractivity (Wildman–Crippen MR) is 93.5 cm³/mol. The number of hydrogen-bond acceptors (Lipinski definition) is 2. The van der Waals surface area contributed by atoms with Gasteiger partial charge in [-0.3, -0.25) is 4.79 Å². The van der Waals surface area contributed by atoms with E-state index >= 15 is 0 Å². The summed E-state index contributed by atoms with van der Waals surface area (Å²) >= 11 is 0. The third kappa shape index (κ3) is 5.08. The summed E-state index contributed by atoms with van der Waals surface area (Å²) in [7, 11) is 0. The number of hydrogen-bond donors (Lipinski definition) is 1. The summed E-state index contributed by atoms with van der Waals surface area (Å²) in [4.78, 5) is 12.5. The molecule has 3 nitrogen and oxygen atoms in total. The second-order valence-corrected chi connectivity index (χ2v) is 6.48. The lowest BCUT2D eigenvalue weighted by atomic mass is 9.94. The van der Waals surface area contributed by atoms with E-state index in [1.807, 2.05) is 51.1 Å². The Morgan fingerprint density at radius 1 is 1.12 bits per heavy atom. The summed E-state index contributed by atoms with van der Waals surface area (Å²) in [5.74, 6) is -0.602. The van der Waals surface area contributed by atoms with Crippen LogP contribution in [0, 0.1) is 5.82 Å². The molecule has 2 aromatic rings. The van der Waals surface area contributed by atoms with Gasteiger partial charge in [-0.15, -0.1) is 0 Å². The second kappa shape index (κ2) is 7.95. The maximum atomic E-state index is 13.7. The van der Waals surface area contributed by atoms with Gasteiger partial charge >= 0.3 is 0 Å². The molecule has 128 valence electrons. The van der Waals surface area contributed by atoms with Crippen LogP contribution in [0.2, 0.25) is 0 Å². The van der Waals surface area contributed by atoms with Crippen LogP contribution in [0.25, 0.3) is 0 Å². The highest BCUT2D eigenvalue weighted by Crippen LogP contribution is 2.19. The lowest BCUT2D eigenvalue weighted by Gasteiger charge is -2.29. The number of benzene rings is 2. The lowest BCUT2D eigenvalue weighted by molar-refractivity contribution is -0.129. The molecule has 1 N–H and O–H groups in total. The Morgan fingerprint density at radius 2 is 1.75 bits per heavy atom. The van der Waals surface area contributed by atoms with Gasteiger partial charge in [-0.05, 0) is 44.4 Å². The van der Waals surface area contributed by atoms with E-state index in [0.29, 0.717) is 12.8 Å². The Labute approximate surface area is 142 Å². The van der Waals surface area contributed by atoms with Gasteiger partial charge in [-0.2, -0.15) is 0 Å². The molecule has 0 fully saturated rings. The Bertz CT molecular complexity index is 670. The van der Waals surface area contributed by atoms with Crippen LogP contribution in [-0.2, 0) is 11.2 Å². The number of nitrogens with one attached hydrogen (secondary N) is 1. The zero-order valence-corrected chi connectivity index (χ0v) is 14.4. The van der Waals surface area contributed by atoms with E-state index in [9.17, 15) is 9.18 Å². The minimum atomic E-state index is -0.725. The zero-order valence-electron chi connectivity index (χ0n) is 14.4. The molecule has 0 aromatic heterocycles. The van der Waals surface area contributed by atoms with Crippen molar-refractivity contribution in [2.45, 2.75) is 45.3 Å². The van der Waals surface area contributed by atoms with E-state index < -0.39 is 17.5 Å². The maximum absolute atomic E-state index is 13.7. The molecule has 0 bridgehead atoms. The van der Waals surface area contributed by atoms with Gasteiger partial charge in [0.05, 0.1) is 0 Å². The molecule has 1 atom stereocenters. The summed E-state index contributed by atoms with van der Waals surface area (Å²) in [6.45, 7) is 5.77. The SMILES string of the molecule is CC[C@@H](Oc1ccccc1F)C(=O)NC(C)(C)Cc1ccccc1. The molecule has 2 rings (SSSR count). The average Bonchev–Trinajstić information content (AvgIpc) is 2.54. The highest BCUT2D eigenvalue weighted by molar-refractivity contribution is 5.81. The first-order chi connectivity index (χ1) is 11.4. The van der Waals surface area contributed by atoms with E-state index in [-0.39, 0.29) is 11.7 Å². The van der Waals surface area contributed by atoms with Crippen molar-refractivity contribution in [3.63, 3.8) is 0 Å². The van der Waals surface area contributed by atoms with E-state index in [0.717, 1.165) is 5.56 Å². The summed E-state index contributed by atoms with van der Waals surface area (Å²) in [5.41, 5.74) is 0.718. The maximum Gasteiger partial charge on any atom is 0.261 e. The first-order valence-electron chi connectivity index (χ1n) is 8.18. The zero-order chi connectivity index (χ0) is 17.6. The number of halogens is 1. The van der Waals surface area contributed by atoms with Crippen LogP contribution in [-0.4, -0.2) is 17.6 Å². The first kappa shape index (κ1) is 18.0. The molecule has 0 saturated carbocycles. The molecule has 0 spiro atoms. The summed E-state index contributed by atoms with van der Waals surface area (Å²) in [6.07, 6.45) is 0.439. The minimum Gasteiger partial charge on any atom is -0.478 e. The third-order valence-corrected chi connectivity index (χ3v) is 3.72. The summed E-state index contributed by atoms with van der Waals surface area (Å²) in [6, 6.07) is 16.1. The van der Waals surface area contributed by atoms with Crippen LogP contribution in [0.1, 0.15) is 32.8 Å². The van der Waals surface area contributed by atoms with Gasteiger partial charge in [0.25, 0.3) is 5.91 Å². The van der Waals surface area contributed by atoms with Crippen molar-refractivity contribution in [1.29, 1.82) is 0 Å². The van der Waals surface area contributed by atoms with E-state index in [1.54, 1.807) is 12.1 Å². The Hall–Kier alpha value is -2.36. The van der Waals surface area contributed by atoms with Crippen molar-refractivity contribution in [2.24, 2.45) is 0 Å². The Morgan fingerprint density at radius 3 is 2.38 bits per heavy atom. The molecule has 0 heterocycles. The van der Waals surface area contributed by atoms with Gasteiger partial charge < -0.3 is 10.1 Å². The molecule has 0 unspecified atom stereocenters. The summed E-state index contributed by atoms with van der Waals surface area (Å²) in [5, 5.41) is 3.01. The molecule has 2 aromatic carbocycles. The van der Waals surface area contributed by atoms with E-state index in [2.05, 4.69) is 5.32 Å². The number of rotatable bonds is 7. The van der Waals surface area contributed by atoms with Crippen LogP contribution >= 0.6 is 0 Å². The van der Waals surface area contributed by atoms with E-state index in [1.165, 1.54) is 12.1 Å². The molecule has 0 aliphatic heterocycles. The highest BCUT2D eigenvalue weighted by Gasteiger charge is 2.27. The lowest BCUT2D eigenvalue weighted by Crippen LogP contribution is -2.50. The largest absolute Gasteiger partial charge is 0.478 e. The normalized spacial score (nSPS) is 12.5. The highest BCUT2D eigenvalue weighted by atomic mass is 19.1. The number of para-hydroxylation sites is 1. The quantitative estimate of drug-likeness (QED) is 0.830. The fourth-order valence-electron chi connectivity index (χ4n) is 2.58. The molecule has 1 amide bonds. The van der Waals surface area contributed by atoms with Gasteiger partial charge in [0, 0.05) is 5.54 Å². The number of amides is 1.